The molecule has 1 fully saturated rings. The maximum Gasteiger partial charge on any atom is 0.586 e. The van der Waals surface area contributed by atoms with Gasteiger partial charge in [-0.05, 0) is 24.3 Å². The summed E-state index contributed by atoms with van der Waals surface area (Å²) in [4.78, 5) is 14.8. The number of aryl methyl sites for hydroxylation is 1. The average molecular weight is 439 g/mol. The molecule has 7 nitrogen and oxygen atoms in total. The Kier molecular flexibility index (Phi) is 3.84. The second-order valence-electron chi connectivity index (χ2n) is 8.22. The van der Waals surface area contributed by atoms with Crippen molar-refractivity contribution >= 4 is 5.91 Å². The second kappa shape index (κ2) is 6.44. The first-order valence-corrected chi connectivity index (χ1v) is 10.4. The van der Waals surface area contributed by atoms with Crippen molar-refractivity contribution in [2.75, 3.05) is 13.1 Å². The fourth-order valence-electron chi connectivity index (χ4n) is 4.86. The fraction of sp³-hybridized carbons (Fsp3) is 0.304. The van der Waals surface area contributed by atoms with Gasteiger partial charge in [-0.3, -0.25) is 9.48 Å². The summed E-state index contributed by atoms with van der Waals surface area (Å²) in [6.07, 6.45) is -0.840. The lowest BCUT2D eigenvalue weighted by atomic mass is 9.81. The van der Waals surface area contributed by atoms with Crippen LogP contribution in [0, 0.1) is 0 Å². The molecule has 32 heavy (non-hydrogen) atoms. The van der Waals surface area contributed by atoms with Gasteiger partial charge in [0, 0.05) is 44.1 Å². The first-order valence-electron chi connectivity index (χ1n) is 10.4. The van der Waals surface area contributed by atoms with Crippen LogP contribution in [0.5, 0.6) is 17.2 Å². The van der Waals surface area contributed by atoms with E-state index in [1.165, 1.54) is 18.2 Å². The van der Waals surface area contributed by atoms with Gasteiger partial charge in [-0.2, -0.15) is 5.10 Å². The van der Waals surface area contributed by atoms with Crippen LogP contribution in [0.25, 0.3) is 11.3 Å². The Bertz CT molecular complexity index is 1250. The highest BCUT2D eigenvalue weighted by Crippen LogP contribution is 2.50. The van der Waals surface area contributed by atoms with Gasteiger partial charge in [0.25, 0.3) is 5.91 Å². The number of likely N-dealkylation sites (tertiary alicyclic amines) is 1. The Balaban J connectivity index is 1.28. The largest absolute Gasteiger partial charge is 0.586 e. The third-order valence-electron chi connectivity index (χ3n) is 6.39. The van der Waals surface area contributed by atoms with Crippen LogP contribution in [0.2, 0.25) is 0 Å². The Labute approximate surface area is 182 Å². The van der Waals surface area contributed by atoms with Crippen LogP contribution in [0.3, 0.4) is 0 Å². The minimum absolute atomic E-state index is 0.0626. The van der Waals surface area contributed by atoms with Crippen LogP contribution in [-0.4, -0.2) is 40.0 Å². The van der Waals surface area contributed by atoms with Crippen molar-refractivity contribution in [1.29, 1.82) is 0 Å². The van der Waals surface area contributed by atoms with Crippen LogP contribution >= 0.6 is 0 Å². The Hall–Kier alpha value is -3.62. The molecule has 1 spiro atoms. The monoisotopic (exact) mass is 439 g/mol. The number of piperidine rings is 1. The van der Waals surface area contributed by atoms with E-state index in [0.717, 1.165) is 22.6 Å². The van der Waals surface area contributed by atoms with Crippen LogP contribution in [-0.2, 0) is 12.6 Å². The topological polar surface area (TPSA) is 65.8 Å². The number of rotatable bonds is 1. The number of alkyl halides is 2. The van der Waals surface area contributed by atoms with Crippen LogP contribution in [0.15, 0.2) is 48.7 Å². The number of nitrogens with zero attached hydrogens (tertiary/aromatic N) is 3. The number of benzene rings is 2. The Morgan fingerprint density at radius 1 is 1.00 bits per heavy atom. The summed E-state index contributed by atoms with van der Waals surface area (Å²) in [7, 11) is 1.90. The molecule has 0 aliphatic carbocycles. The Morgan fingerprint density at radius 2 is 1.75 bits per heavy atom. The van der Waals surface area contributed by atoms with E-state index in [4.69, 9.17) is 4.74 Å². The second-order valence-corrected chi connectivity index (χ2v) is 8.22. The van der Waals surface area contributed by atoms with Crippen molar-refractivity contribution in [3.63, 3.8) is 0 Å². The van der Waals surface area contributed by atoms with Crippen LogP contribution in [0.1, 0.15) is 28.8 Å². The van der Waals surface area contributed by atoms with Crippen molar-refractivity contribution in [3.8, 4) is 28.5 Å². The number of amides is 1. The van der Waals surface area contributed by atoms with E-state index < -0.39 is 11.9 Å². The maximum atomic E-state index is 13.5. The van der Waals surface area contributed by atoms with E-state index in [9.17, 15) is 13.6 Å². The lowest BCUT2D eigenvalue weighted by Gasteiger charge is -2.44. The number of para-hydroxylation sites is 2. The molecule has 9 heteroatoms. The molecule has 164 valence electrons. The van der Waals surface area contributed by atoms with Crippen molar-refractivity contribution in [2.24, 2.45) is 7.05 Å². The van der Waals surface area contributed by atoms with Crippen molar-refractivity contribution in [1.82, 2.24) is 14.7 Å². The quantitative estimate of drug-likeness (QED) is 0.575. The predicted octanol–water partition coefficient (Wildman–Crippen LogP) is 3.93. The fourth-order valence-corrected chi connectivity index (χ4v) is 4.86. The van der Waals surface area contributed by atoms with Gasteiger partial charge in [0.05, 0.1) is 17.5 Å². The molecule has 6 rings (SSSR count). The van der Waals surface area contributed by atoms with E-state index in [0.29, 0.717) is 25.9 Å². The zero-order chi connectivity index (χ0) is 22.1. The third-order valence-corrected chi connectivity index (χ3v) is 6.39. The van der Waals surface area contributed by atoms with Gasteiger partial charge in [0.2, 0.25) is 0 Å². The summed E-state index contributed by atoms with van der Waals surface area (Å²) in [5.41, 5.74) is 2.47. The zero-order valence-corrected chi connectivity index (χ0v) is 17.2. The van der Waals surface area contributed by atoms with Crippen LogP contribution in [0.4, 0.5) is 8.78 Å². The summed E-state index contributed by atoms with van der Waals surface area (Å²) < 4.78 is 44.5. The van der Waals surface area contributed by atoms with Crippen molar-refractivity contribution in [2.45, 2.75) is 24.7 Å². The lowest BCUT2D eigenvalue weighted by Crippen LogP contribution is -2.49. The number of carbonyl (C=O) groups is 1. The van der Waals surface area contributed by atoms with E-state index in [-0.39, 0.29) is 23.0 Å². The normalized spacial score (nSPS) is 19.3. The van der Waals surface area contributed by atoms with Gasteiger partial charge < -0.3 is 19.1 Å². The number of hydrogen-bond acceptors (Lipinski definition) is 5. The minimum Gasteiger partial charge on any atom is -0.482 e. The van der Waals surface area contributed by atoms with Crippen molar-refractivity contribution in [3.05, 3.63) is 59.8 Å². The van der Waals surface area contributed by atoms with Gasteiger partial charge in [-0.25, -0.2) is 0 Å². The molecule has 3 aliphatic rings. The Morgan fingerprint density at radius 3 is 2.56 bits per heavy atom. The summed E-state index contributed by atoms with van der Waals surface area (Å²) in [5, 5.41) is 4.46. The molecule has 0 atom stereocenters. The molecule has 0 unspecified atom stereocenters. The smallest absolute Gasteiger partial charge is 0.482 e. The summed E-state index contributed by atoms with van der Waals surface area (Å²) >= 11 is 0. The first-order chi connectivity index (χ1) is 15.4. The highest BCUT2D eigenvalue weighted by molar-refractivity contribution is 5.98. The SMILES string of the molecule is Cn1ncc2c1-c1ccccc1OC21CCN(C(=O)c2cccc3c2OC(F)(F)O3)CC1. The number of carbonyl (C=O) groups excluding carboxylic acids is 1. The molecular weight excluding hydrogens is 420 g/mol. The zero-order valence-electron chi connectivity index (χ0n) is 17.2. The molecule has 1 saturated heterocycles. The molecule has 0 N–H and O–H groups in total. The number of hydrogen-bond donors (Lipinski definition) is 0. The summed E-state index contributed by atoms with van der Waals surface area (Å²) in [5.74, 6) is 0.0550. The number of aromatic nitrogens is 2. The van der Waals surface area contributed by atoms with E-state index >= 15 is 0 Å². The summed E-state index contributed by atoms with van der Waals surface area (Å²) in [6.45, 7) is 0.798. The average Bonchev–Trinajstić information content (AvgIpc) is 3.33. The highest BCUT2D eigenvalue weighted by Gasteiger charge is 2.48. The standard InChI is InChI=1S/C23H19F2N3O4/c1-27-19-14-5-2-3-7-17(14)30-22(16(19)13-26-27)9-11-28(12-10-22)21(29)15-6-4-8-18-20(15)32-23(24,25)31-18/h2-8,13H,9-12H2,1H3. The van der Waals surface area contributed by atoms with Crippen molar-refractivity contribution < 1.29 is 27.8 Å². The number of fused-ring (bicyclic) bond motifs is 5. The van der Waals surface area contributed by atoms with Crippen LogP contribution < -0.4 is 14.2 Å². The number of ether oxygens (including phenoxy) is 3. The molecule has 1 aromatic heterocycles. The van der Waals surface area contributed by atoms with Gasteiger partial charge in [0.15, 0.2) is 11.5 Å². The molecule has 1 amide bonds. The van der Waals surface area contributed by atoms with Gasteiger partial charge in [0.1, 0.15) is 11.4 Å². The summed E-state index contributed by atoms with van der Waals surface area (Å²) in [6, 6.07) is 12.2. The molecule has 3 aromatic rings. The van der Waals surface area contributed by atoms with Gasteiger partial charge >= 0.3 is 6.29 Å². The minimum atomic E-state index is -3.77. The molecular formula is C23H19F2N3O4. The molecule has 3 aliphatic heterocycles. The number of halogens is 2. The van der Waals surface area contributed by atoms with E-state index in [1.807, 2.05) is 42.2 Å². The van der Waals surface area contributed by atoms with E-state index in [1.54, 1.807) is 4.90 Å². The molecule has 0 radical (unpaired) electrons. The highest BCUT2D eigenvalue weighted by atomic mass is 19.3. The maximum absolute atomic E-state index is 13.5. The first kappa shape index (κ1) is 19.1. The molecule has 2 aromatic carbocycles. The van der Waals surface area contributed by atoms with Gasteiger partial charge in [-0.15, -0.1) is 8.78 Å². The third kappa shape index (κ3) is 2.70. The van der Waals surface area contributed by atoms with Gasteiger partial charge in [-0.1, -0.05) is 18.2 Å². The molecule has 0 saturated carbocycles. The van der Waals surface area contributed by atoms with E-state index in [2.05, 4.69) is 14.6 Å². The lowest BCUT2D eigenvalue weighted by molar-refractivity contribution is -0.286. The molecule has 0 bridgehead atoms. The molecule has 4 heterocycles. The predicted molar refractivity (Wildman–Crippen MR) is 109 cm³/mol.